The number of nitrogens with zero attached hydrogens (tertiary/aromatic N) is 1. The quantitative estimate of drug-likeness (QED) is 0.358. The number of ether oxygens (including phenoxy) is 1. The number of rotatable bonds is 7. The number of thiazole rings is 1. The summed E-state index contributed by atoms with van der Waals surface area (Å²) >= 11 is 8.94. The van der Waals surface area contributed by atoms with Gasteiger partial charge in [0.15, 0.2) is 0 Å². The van der Waals surface area contributed by atoms with Crippen molar-refractivity contribution in [1.82, 2.24) is 15.8 Å². The molecule has 0 fully saturated rings. The maximum Gasteiger partial charge on any atom is 0.269 e. The van der Waals surface area contributed by atoms with E-state index in [4.69, 9.17) is 16.3 Å². The minimum absolute atomic E-state index is 0.0852. The number of hydrogen-bond acceptors (Lipinski definition) is 6. The summed E-state index contributed by atoms with van der Waals surface area (Å²) in [6.07, 6.45) is 0.0852. The second-order valence-electron chi connectivity index (χ2n) is 6.77. The molecule has 0 aliphatic carbocycles. The van der Waals surface area contributed by atoms with Crippen molar-refractivity contribution in [2.45, 2.75) is 13.0 Å². The van der Waals surface area contributed by atoms with Crippen molar-refractivity contribution in [2.24, 2.45) is 0 Å². The highest BCUT2D eigenvalue weighted by atomic mass is 35.5. The number of thiophene rings is 1. The third-order valence-corrected chi connectivity index (χ3v) is 6.29. The van der Waals surface area contributed by atoms with E-state index in [2.05, 4.69) is 15.8 Å². The highest BCUT2D eigenvalue weighted by Gasteiger charge is 2.11. The highest BCUT2D eigenvalue weighted by molar-refractivity contribution is 7.14. The van der Waals surface area contributed by atoms with E-state index in [9.17, 15) is 9.59 Å². The zero-order valence-electron chi connectivity index (χ0n) is 16.7. The number of nitrogens with one attached hydrogen (secondary N) is 2. The van der Waals surface area contributed by atoms with E-state index in [0.29, 0.717) is 28.6 Å². The highest BCUT2D eigenvalue weighted by Crippen LogP contribution is 2.25. The minimum atomic E-state index is -0.402. The van der Waals surface area contributed by atoms with Gasteiger partial charge in [0.05, 0.1) is 12.1 Å². The van der Waals surface area contributed by atoms with E-state index < -0.39 is 5.91 Å². The zero-order valence-corrected chi connectivity index (χ0v) is 19.1. The Morgan fingerprint density at radius 3 is 2.47 bits per heavy atom. The second kappa shape index (κ2) is 10.4. The molecule has 162 valence electrons. The first-order valence-electron chi connectivity index (χ1n) is 9.60. The fourth-order valence-electron chi connectivity index (χ4n) is 2.76. The summed E-state index contributed by atoms with van der Waals surface area (Å²) in [4.78, 5) is 28.9. The molecule has 32 heavy (non-hydrogen) atoms. The van der Waals surface area contributed by atoms with Crippen LogP contribution in [0.5, 0.6) is 5.75 Å². The molecular formula is C23H18ClN3O3S2. The SMILES string of the molecule is O=C(Cc1csc(-c2ccsc2)n1)NNC(=O)c1ccc(COc2ccc(Cl)cc2)cc1. The average Bonchev–Trinajstić information content (AvgIpc) is 3.50. The van der Waals surface area contributed by atoms with Gasteiger partial charge in [0.1, 0.15) is 17.4 Å². The Kier molecular flexibility index (Phi) is 7.16. The fourth-order valence-corrected chi connectivity index (χ4v) is 4.42. The van der Waals surface area contributed by atoms with Crippen LogP contribution in [0.15, 0.2) is 70.7 Å². The number of amides is 2. The van der Waals surface area contributed by atoms with E-state index in [1.165, 1.54) is 11.3 Å². The number of carbonyl (C=O) groups is 2. The van der Waals surface area contributed by atoms with Crippen molar-refractivity contribution < 1.29 is 14.3 Å². The van der Waals surface area contributed by atoms with E-state index in [0.717, 1.165) is 16.1 Å². The van der Waals surface area contributed by atoms with Crippen LogP contribution in [0, 0.1) is 0 Å². The third kappa shape index (κ3) is 5.94. The third-order valence-electron chi connectivity index (χ3n) is 4.41. The molecule has 4 rings (SSSR count). The van der Waals surface area contributed by atoms with Crippen molar-refractivity contribution in [3.8, 4) is 16.3 Å². The topological polar surface area (TPSA) is 80.3 Å². The predicted molar refractivity (Wildman–Crippen MR) is 127 cm³/mol. The van der Waals surface area contributed by atoms with E-state index in [-0.39, 0.29) is 12.3 Å². The normalized spacial score (nSPS) is 10.5. The number of carbonyl (C=O) groups excluding carboxylic acids is 2. The van der Waals surface area contributed by atoms with Gasteiger partial charge in [-0.05, 0) is 53.4 Å². The summed E-state index contributed by atoms with van der Waals surface area (Å²) < 4.78 is 5.69. The predicted octanol–water partition coefficient (Wildman–Crippen LogP) is 5.11. The summed E-state index contributed by atoms with van der Waals surface area (Å²) in [7, 11) is 0. The van der Waals surface area contributed by atoms with Gasteiger partial charge in [-0.1, -0.05) is 23.7 Å². The molecule has 0 saturated carbocycles. The van der Waals surface area contributed by atoms with Gasteiger partial charge >= 0.3 is 0 Å². The number of hydrazine groups is 1. The van der Waals surface area contributed by atoms with Crippen molar-refractivity contribution in [1.29, 1.82) is 0 Å². The Morgan fingerprint density at radius 1 is 0.969 bits per heavy atom. The molecule has 2 amide bonds. The maximum atomic E-state index is 12.3. The fraction of sp³-hybridized carbons (Fsp3) is 0.0870. The monoisotopic (exact) mass is 483 g/mol. The summed E-state index contributed by atoms with van der Waals surface area (Å²) in [6.45, 7) is 0.362. The van der Waals surface area contributed by atoms with Gasteiger partial charge in [-0.3, -0.25) is 20.4 Å². The summed E-state index contributed by atoms with van der Waals surface area (Å²) in [5.74, 6) is -0.0317. The van der Waals surface area contributed by atoms with E-state index >= 15 is 0 Å². The van der Waals surface area contributed by atoms with Gasteiger partial charge in [-0.2, -0.15) is 11.3 Å². The lowest BCUT2D eigenvalue weighted by molar-refractivity contribution is -0.121. The number of halogens is 1. The van der Waals surface area contributed by atoms with Crippen LogP contribution < -0.4 is 15.6 Å². The largest absolute Gasteiger partial charge is 0.489 e. The first-order valence-corrected chi connectivity index (χ1v) is 11.8. The molecule has 2 aromatic heterocycles. The van der Waals surface area contributed by atoms with Crippen molar-refractivity contribution >= 4 is 46.1 Å². The van der Waals surface area contributed by atoms with Crippen LogP contribution in [0.3, 0.4) is 0 Å². The molecule has 4 aromatic rings. The standard InChI is InChI=1S/C23H18ClN3O3S2/c24-18-5-7-20(8-6-18)30-12-15-1-3-16(4-2-15)22(29)27-26-21(28)11-19-14-32-23(25-19)17-9-10-31-13-17/h1-10,13-14H,11-12H2,(H,26,28)(H,27,29). The molecule has 0 saturated heterocycles. The first-order chi connectivity index (χ1) is 15.6. The minimum Gasteiger partial charge on any atom is -0.489 e. The van der Waals surface area contributed by atoms with Crippen molar-refractivity contribution in [2.75, 3.05) is 0 Å². The lowest BCUT2D eigenvalue weighted by atomic mass is 10.1. The van der Waals surface area contributed by atoms with Gasteiger partial charge < -0.3 is 4.74 Å². The van der Waals surface area contributed by atoms with Gasteiger partial charge in [-0.15, -0.1) is 11.3 Å². The van der Waals surface area contributed by atoms with Crippen LogP contribution >= 0.6 is 34.3 Å². The molecule has 0 bridgehead atoms. The summed E-state index contributed by atoms with van der Waals surface area (Å²) in [5, 5.41) is 7.36. The molecule has 0 radical (unpaired) electrons. The summed E-state index contributed by atoms with van der Waals surface area (Å²) in [6, 6.07) is 16.0. The van der Waals surface area contributed by atoms with Gasteiger partial charge in [0.2, 0.25) is 5.91 Å². The lowest BCUT2D eigenvalue weighted by Gasteiger charge is -2.09. The lowest BCUT2D eigenvalue weighted by Crippen LogP contribution is -2.42. The van der Waals surface area contributed by atoms with E-state index in [1.54, 1.807) is 59.9 Å². The Morgan fingerprint density at radius 2 is 1.75 bits per heavy atom. The van der Waals surface area contributed by atoms with Crippen LogP contribution in [0.4, 0.5) is 0 Å². The van der Waals surface area contributed by atoms with Crippen molar-refractivity contribution in [3.63, 3.8) is 0 Å². The molecule has 0 atom stereocenters. The average molecular weight is 484 g/mol. The van der Waals surface area contributed by atoms with Gasteiger partial charge in [0.25, 0.3) is 5.91 Å². The van der Waals surface area contributed by atoms with Crippen molar-refractivity contribution in [3.05, 3.63) is 92.6 Å². The number of aromatic nitrogens is 1. The Bertz CT molecular complexity index is 1190. The molecule has 0 aliphatic rings. The molecule has 2 N–H and O–H groups in total. The van der Waals surface area contributed by atoms with Crippen LogP contribution in [-0.4, -0.2) is 16.8 Å². The molecular weight excluding hydrogens is 466 g/mol. The molecule has 0 aliphatic heterocycles. The smallest absolute Gasteiger partial charge is 0.269 e. The zero-order chi connectivity index (χ0) is 22.3. The van der Waals surface area contributed by atoms with Crippen LogP contribution in [-0.2, 0) is 17.8 Å². The molecule has 9 heteroatoms. The Hall–Kier alpha value is -3.20. The molecule has 2 aromatic carbocycles. The number of benzene rings is 2. The second-order valence-corrected chi connectivity index (χ2v) is 8.85. The molecule has 2 heterocycles. The van der Waals surface area contributed by atoms with Crippen LogP contribution in [0.2, 0.25) is 5.02 Å². The molecule has 0 spiro atoms. The molecule has 6 nitrogen and oxygen atoms in total. The first kappa shape index (κ1) is 22.0. The molecule has 0 unspecified atom stereocenters. The summed E-state index contributed by atoms with van der Waals surface area (Å²) in [5.41, 5.74) is 7.90. The van der Waals surface area contributed by atoms with Crippen LogP contribution in [0.25, 0.3) is 10.6 Å². The van der Waals surface area contributed by atoms with Crippen LogP contribution in [0.1, 0.15) is 21.6 Å². The van der Waals surface area contributed by atoms with E-state index in [1.807, 2.05) is 22.2 Å². The Labute approximate surface area is 197 Å². The Balaban J connectivity index is 1.23. The number of hydrogen-bond donors (Lipinski definition) is 2. The van der Waals surface area contributed by atoms with Gasteiger partial charge in [-0.25, -0.2) is 4.98 Å². The maximum absolute atomic E-state index is 12.3. The van der Waals surface area contributed by atoms with Gasteiger partial charge in [0, 0.05) is 26.9 Å².